The number of nitrogens with one attached hydrogen (secondary N) is 1. The van der Waals surface area contributed by atoms with Crippen molar-refractivity contribution in [2.45, 2.75) is 77.0 Å². The molecule has 4 nitrogen and oxygen atoms in total. The van der Waals surface area contributed by atoms with E-state index in [1.807, 2.05) is 0 Å². The Morgan fingerprint density at radius 3 is 2.58 bits per heavy atom. The van der Waals surface area contributed by atoms with Crippen molar-refractivity contribution in [1.29, 1.82) is 0 Å². The van der Waals surface area contributed by atoms with Crippen LogP contribution in [0.25, 0.3) is 0 Å². The SMILES string of the molecule is CC(C)N1CCCCC1C(=O)NCC1CCCCN1Cc1ccccc1. The van der Waals surface area contributed by atoms with Gasteiger partial charge in [0.1, 0.15) is 0 Å². The number of hydrogen-bond acceptors (Lipinski definition) is 3. The summed E-state index contributed by atoms with van der Waals surface area (Å²) >= 11 is 0. The van der Waals surface area contributed by atoms with Crippen molar-refractivity contribution in [2.24, 2.45) is 0 Å². The predicted octanol–water partition coefficient (Wildman–Crippen LogP) is 3.42. The predicted molar refractivity (Wildman–Crippen MR) is 107 cm³/mol. The standard InChI is InChI=1S/C22H35N3O/c1-18(2)25-15-9-7-13-21(25)22(26)23-16-20-12-6-8-14-24(20)17-19-10-4-3-5-11-19/h3-5,10-11,18,20-21H,6-9,12-17H2,1-2H3,(H,23,26). The molecule has 2 fully saturated rings. The zero-order chi connectivity index (χ0) is 18.4. The van der Waals surface area contributed by atoms with Crippen LogP contribution in [0.15, 0.2) is 30.3 Å². The van der Waals surface area contributed by atoms with Gasteiger partial charge in [-0.05, 0) is 58.2 Å². The number of piperidine rings is 2. The Hall–Kier alpha value is -1.39. The fourth-order valence-electron chi connectivity index (χ4n) is 4.51. The van der Waals surface area contributed by atoms with Gasteiger partial charge < -0.3 is 5.32 Å². The minimum atomic E-state index is 0.0647. The van der Waals surface area contributed by atoms with Gasteiger partial charge in [0.2, 0.25) is 5.91 Å². The molecule has 1 amide bonds. The van der Waals surface area contributed by atoms with E-state index in [1.54, 1.807) is 0 Å². The van der Waals surface area contributed by atoms with Crippen LogP contribution in [0.5, 0.6) is 0 Å². The molecule has 26 heavy (non-hydrogen) atoms. The highest BCUT2D eigenvalue weighted by atomic mass is 16.2. The maximum absolute atomic E-state index is 12.8. The Morgan fingerprint density at radius 1 is 1.08 bits per heavy atom. The highest BCUT2D eigenvalue weighted by Crippen LogP contribution is 2.21. The van der Waals surface area contributed by atoms with E-state index in [1.165, 1.54) is 37.7 Å². The molecular formula is C22H35N3O. The summed E-state index contributed by atoms with van der Waals surface area (Å²) in [5, 5.41) is 3.30. The molecule has 0 saturated carbocycles. The number of rotatable bonds is 6. The summed E-state index contributed by atoms with van der Waals surface area (Å²) in [6, 6.07) is 11.7. The molecule has 1 N–H and O–H groups in total. The summed E-state index contributed by atoms with van der Waals surface area (Å²) in [5.41, 5.74) is 1.36. The van der Waals surface area contributed by atoms with Crippen molar-refractivity contribution in [2.75, 3.05) is 19.6 Å². The molecule has 3 rings (SSSR count). The van der Waals surface area contributed by atoms with Gasteiger partial charge in [0.15, 0.2) is 0 Å². The van der Waals surface area contributed by atoms with Gasteiger partial charge in [-0.2, -0.15) is 0 Å². The second kappa shape index (κ2) is 9.52. The summed E-state index contributed by atoms with van der Waals surface area (Å²) < 4.78 is 0. The van der Waals surface area contributed by atoms with Gasteiger partial charge in [0.25, 0.3) is 0 Å². The number of benzene rings is 1. The number of nitrogens with zero attached hydrogens (tertiary/aromatic N) is 2. The number of amides is 1. The zero-order valence-electron chi connectivity index (χ0n) is 16.5. The van der Waals surface area contributed by atoms with Crippen LogP contribution < -0.4 is 5.32 Å². The molecule has 2 unspecified atom stereocenters. The van der Waals surface area contributed by atoms with Gasteiger partial charge in [-0.15, -0.1) is 0 Å². The second-order valence-corrected chi connectivity index (χ2v) is 8.19. The van der Waals surface area contributed by atoms with Crippen LogP contribution in [0.3, 0.4) is 0 Å². The fourth-order valence-corrected chi connectivity index (χ4v) is 4.51. The third-order valence-corrected chi connectivity index (χ3v) is 6.00. The van der Waals surface area contributed by atoms with Crippen molar-refractivity contribution in [3.63, 3.8) is 0 Å². The number of likely N-dealkylation sites (tertiary alicyclic amines) is 2. The minimum absolute atomic E-state index is 0.0647. The Morgan fingerprint density at radius 2 is 1.81 bits per heavy atom. The van der Waals surface area contributed by atoms with E-state index >= 15 is 0 Å². The number of hydrogen-bond donors (Lipinski definition) is 1. The molecule has 0 radical (unpaired) electrons. The lowest BCUT2D eigenvalue weighted by Crippen LogP contribution is -2.54. The Bertz CT molecular complexity index is 560. The quantitative estimate of drug-likeness (QED) is 0.847. The maximum atomic E-state index is 12.8. The van der Waals surface area contributed by atoms with Gasteiger partial charge >= 0.3 is 0 Å². The molecule has 2 atom stereocenters. The lowest BCUT2D eigenvalue weighted by atomic mass is 9.98. The highest BCUT2D eigenvalue weighted by Gasteiger charge is 2.31. The van der Waals surface area contributed by atoms with Crippen molar-refractivity contribution in [1.82, 2.24) is 15.1 Å². The fraction of sp³-hybridized carbons (Fsp3) is 0.682. The molecule has 4 heteroatoms. The number of carbonyl (C=O) groups excluding carboxylic acids is 1. The monoisotopic (exact) mass is 357 g/mol. The Balaban J connectivity index is 1.55. The summed E-state index contributed by atoms with van der Waals surface area (Å²) in [6.07, 6.45) is 7.11. The van der Waals surface area contributed by atoms with Gasteiger partial charge in [-0.3, -0.25) is 14.6 Å². The van der Waals surface area contributed by atoms with E-state index in [0.717, 1.165) is 32.6 Å². The van der Waals surface area contributed by atoms with Crippen LogP contribution in [0.2, 0.25) is 0 Å². The molecule has 2 aliphatic heterocycles. The van der Waals surface area contributed by atoms with Crippen LogP contribution in [0, 0.1) is 0 Å². The smallest absolute Gasteiger partial charge is 0.237 e. The summed E-state index contributed by atoms with van der Waals surface area (Å²) in [4.78, 5) is 17.8. The van der Waals surface area contributed by atoms with Crippen molar-refractivity contribution in [3.05, 3.63) is 35.9 Å². The van der Waals surface area contributed by atoms with Gasteiger partial charge in [0, 0.05) is 25.2 Å². The van der Waals surface area contributed by atoms with Gasteiger partial charge in [-0.25, -0.2) is 0 Å². The third-order valence-electron chi connectivity index (χ3n) is 6.00. The first-order chi connectivity index (χ1) is 12.6. The largest absolute Gasteiger partial charge is 0.353 e. The Kier molecular flexibility index (Phi) is 7.09. The summed E-state index contributed by atoms with van der Waals surface area (Å²) in [7, 11) is 0. The van der Waals surface area contributed by atoms with E-state index in [0.29, 0.717) is 12.1 Å². The number of carbonyl (C=O) groups is 1. The maximum Gasteiger partial charge on any atom is 0.237 e. The summed E-state index contributed by atoms with van der Waals surface area (Å²) in [5.74, 6) is 0.239. The third kappa shape index (κ3) is 5.08. The first-order valence-electron chi connectivity index (χ1n) is 10.5. The van der Waals surface area contributed by atoms with E-state index in [9.17, 15) is 4.79 Å². The highest BCUT2D eigenvalue weighted by molar-refractivity contribution is 5.81. The van der Waals surface area contributed by atoms with E-state index in [4.69, 9.17) is 0 Å². The zero-order valence-corrected chi connectivity index (χ0v) is 16.5. The molecule has 1 aromatic carbocycles. The lowest BCUT2D eigenvalue weighted by molar-refractivity contribution is -0.128. The molecule has 2 saturated heterocycles. The van der Waals surface area contributed by atoms with Crippen LogP contribution in [0.4, 0.5) is 0 Å². The van der Waals surface area contributed by atoms with Gasteiger partial charge in [-0.1, -0.05) is 43.2 Å². The van der Waals surface area contributed by atoms with Gasteiger partial charge in [0.05, 0.1) is 6.04 Å². The van der Waals surface area contributed by atoms with Crippen LogP contribution in [-0.4, -0.2) is 53.5 Å². The van der Waals surface area contributed by atoms with E-state index in [2.05, 4.69) is 59.3 Å². The minimum Gasteiger partial charge on any atom is -0.353 e. The molecule has 0 spiro atoms. The van der Waals surface area contributed by atoms with Crippen LogP contribution in [0.1, 0.15) is 57.9 Å². The van der Waals surface area contributed by atoms with Crippen LogP contribution in [-0.2, 0) is 11.3 Å². The molecule has 144 valence electrons. The van der Waals surface area contributed by atoms with Crippen molar-refractivity contribution >= 4 is 5.91 Å². The second-order valence-electron chi connectivity index (χ2n) is 8.19. The first kappa shape index (κ1) is 19.4. The molecule has 0 aromatic heterocycles. The van der Waals surface area contributed by atoms with Crippen LogP contribution >= 0.6 is 0 Å². The lowest BCUT2D eigenvalue weighted by Gasteiger charge is -2.39. The molecule has 0 aliphatic carbocycles. The summed E-state index contributed by atoms with van der Waals surface area (Å²) in [6.45, 7) is 8.37. The molecular weight excluding hydrogens is 322 g/mol. The van der Waals surface area contributed by atoms with Crippen molar-refractivity contribution in [3.8, 4) is 0 Å². The normalized spacial score (nSPS) is 25.3. The molecule has 2 heterocycles. The van der Waals surface area contributed by atoms with E-state index in [-0.39, 0.29) is 11.9 Å². The molecule has 0 bridgehead atoms. The molecule has 2 aliphatic rings. The molecule has 1 aromatic rings. The average molecular weight is 358 g/mol. The van der Waals surface area contributed by atoms with E-state index < -0.39 is 0 Å². The topological polar surface area (TPSA) is 35.6 Å². The first-order valence-corrected chi connectivity index (χ1v) is 10.5. The van der Waals surface area contributed by atoms with Crippen molar-refractivity contribution < 1.29 is 4.79 Å². The average Bonchev–Trinajstić information content (AvgIpc) is 2.68. The Labute approximate surface area is 158 Å².